The van der Waals surface area contributed by atoms with Gasteiger partial charge in [0.1, 0.15) is 11.4 Å². The summed E-state index contributed by atoms with van der Waals surface area (Å²) in [7, 11) is 0. The molecule has 0 fully saturated rings. The van der Waals surface area contributed by atoms with Gasteiger partial charge in [0.25, 0.3) is 0 Å². The number of nitrogens with zero attached hydrogens (tertiary/aromatic N) is 5. The number of benzene rings is 1. The third-order valence-electron chi connectivity index (χ3n) is 3.26. The smallest absolute Gasteiger partial charge is 0.406 e. The molecular weight excluding hydrogens is 369 g/mol. The van der Waals surface area contributed by atoms with Crippen LogP contribution in [0.15, 0.2) is 48.4 Å². The van der Waals surface area contributed by atoms with Gasteiger partial charge in [0.15, 0.2) is 5.65 Å². The number of anilines is 2. The monoisotopic (exact) mass is 378 g/mol. The molecule has 3 aromatic heterocycles. The first-order chi connectivity index (χ1) is 12.5. The zero-order valence-corrected chi connectivity index (χ0v) is 13.6. The molecule has 0 spiro atoms. The predicted octanol–water partition coefficient (Wildman–Crippen LogP) is 3.89. The zero-order chi connectivity index (χ0) is 18.1. The number of nitrogens with one attached hydrogen (secondary N) is 1. The number of thiazole rings is 1. The van der Waals surface area contributed by atoms with E-state index in [1.807, 2.05) is 0 Å². The second-order valence-corrected chi connectivity index (χ2v) is 5.93. The van der Waals surface area contributed by atoms with Gasteiger partial charge in [0.2, 0.25) is 5.95 Å². The molecule has 4 rings (SSSR count). The van der Waals surface area contributed by atoms with E-state index in [9.17, 15) is 13.2 Å². The number of halogens is 3. The first kappa shape index (κ1) is 16.3. The summed E-state index contributed by atoms with van der Waals surface area (Å²) >= 11 is 1.43. The zero-order valence-electron chi connectivity index (χ0n) is 12.8. The SMILES string of the molecule is FC(F)(F)Oc1ccc(Nc2nc3c(-c4cncs4)nccn3n2)cc1. The highest BCUT2D eigenvalue weighted by molar-refractivity contribution is 7.13. The van der Waals surface area contributed by atoms with E-state index in [0.29, 0.717) is 17.0 Å². The number of hydrogen-bond donors (Lipinski definition) is 1. The standard InChI is InChI=1S/C15H9F3N6OS/c16-15(17,18)25-10-3-1-9(2-4-10)21-14-22-13-12(11-7-19-8-26-11)20-5-6-24(13)23-14/h1-8H,(H,21,23). The summed E-state index contributed by atoms with van der Waals surface area (Å²) in [5, 5.41) is 7.22. The van der Waals surface area contributed by atoms with Gasteiger partial charge in [-0.25, -0.2) is 9.50 Å². The van der Waals surface area contributed by atoms with E-state index in [-0.39, 0.29) is 11.7 Å². The Morgan fingerprint density at radius 1 is 1.15 bits per heavy atom. The molecule has 1 aromatic carbocycles. The third kappa shape index (κ3) is 3.42. The van der Waals surface area contributed by atoms with Crippen molar-refractivity contribution in [1.29, 1.82) is 0 Å². The van der Waals surface area contributed by atoms with Gasteiger partial charge in [-0.3, -0.25) is 4.98 Å². The maximum Gasteiger partial charge on any atom is 0.573 e. The molecule has 4 aromatic rings. The largest absolute Gasteiger partial charge is 0.573 e. The van der Waals surface area contributed by atoms with Crippen LogP contribution in [-0.4, -0.2) is 30.9 Å². The first-order valence-electron chi connectivity index (χ1n) is 7.21. The molecule has 0 aliphatic carbocycles. The molecule has 0 aliphatic rings. The molecular formula is C15H9F3N6OS. The van der Waals surface area contributed by atoms with Crippen molar-refractivity contribution in [2.24, 2.45) is 0 Å². The van der Waals surface area contributed by atoms with Crippen LogP contribution in [0.25, 0.3) is 16.2 Å². The minimum Gasteiger partial charge on any atom is -0.406 e. The lowest BCUT2D eigenvalue weighted by molar-refractivity contribution is -0.274. The fraction of sp³-hybridized carbons (Fsp3) is 0.0667. The molecule has 11 heteroatoms. The Morgan fingerprint density at radius 3 is 2.65 bits per heavy atom. The van der Waals surface area contributed by atoms with E-state index < -0.39 is 6.36 Å². The van der Waals surface area contributed by atoms with Crippen LogP contribution in [0.5, 0.6) is 5.75 Å². The fourth-order valence-corrected chi connectivity index (χ4v) is 2.86. The van der Waals surface area contributed by atoms with E-state index in [2.05, 4.69) is 30.1 Å². The van der Waals surface area contributed by atoms with Gasteiger partial charge in [-0.15, -0.1) is 29.6 Å². The normalized spacial score (nSPS) is 11.7. The van der Waals surface area contributed by atoms with Crippen molar-refractivity contribution in [1.82, 2.24) is 24.6 Å². The number of rotatable bonds is 4. The van der Waals surface area contributed by atoms with Crippen molar-refractivity contribution in [2.45, 2.75) is 6.36 Å². The second-order valence-electron chi connectivity index (χ2n) is 5.04. The molecule has 0 saturated heterocycles. The van der Waals surface area contributed by atoms with E-state index >= 15 is 0 Å². The topological polar surface area (TPSA) is 77.2 Å². The average Bonchev–Trinajstić information content (AvgIpc) is 3.24. The summed E-state index contributed by atoms with van der Waals surface area (Å²) < 4.78 is 42.0. The molecule has 3 heterocycles. The van der Waals surface area contributed by atoms with Crippen LogP contribution in [-0.2, 0) is 0 Å². The van der Waals surface area contributed by atoms with Gasteiger partial charge < -0.3 is 10.1 Å². The van der Waals surface area contributed by atoms with Crippen molar-refractivity contribution in [2.75, 3.05) is 5.32 Å². The lowest BCUT2D eigenvalue weighted by Gasteiger charge is -2.09. The van der Waals surface area contributed by atoms with Crippen LogP contribution in [0, 0.1) is 0 Å². The van der Waals surface area contributed by atoms with Gasteiger partial charge in [0, 0.05) is 24.3 Å². The van der Waals surface area contributed by atoms with E-state index in [0.717, 1.165) is 4.88 Å². The Hall–Kier alpha value is -3.21. The minimum absolute atomic E-state index is 0.285. The summed E-state index contributed by atoms with van der Waals surface area (Å²) in [6.07, 6.45) is 0.217. The third-order valence-corrected chi connectivity index (χ3v) is 4.04. The van der Waals surface area contributed by atoms with Gasteiger partial charge >= 0.3 is 6.36 Å². The molecule has 0 unspecified atom stereocenters. The second kappa shape index (κ2) is 6.26. The van der Waals surface area contributed by atoms with E-state index in [1.165, 1.54) is 35.6 Å². The lowest BCUT2D eigenvalue weighted by Crippen LogP contribution is -2.16. The van der Waals surface area contributed by atoms with Crippen molar-refractivity contribution >= 4 is 28.6 Å². The number of ether oxygens (including phenoxy) is 1. The highest BCUT2D eigenvalue weighted by Gasteiger charge is 2.30. The van der Waals surface area contributed by atoms with Gasteiger partial charge in [0.05, 0.1) is 10.4 Å². The summed E-state index contributed by atoms with van der Waals surface area (Å²) in [5.41, 5.74) is 3.39. The molecule has 26 heavy (non-hydrogen) atoms. The van der Waals surface area contributed by atoms with E-state index in [1.54, 1.807) is 28.6 Å². The number of alkyl halides is 3. The summed E-state index contributed by atoms with van der Waals surface area (Å²) in [6, 6.07) is 5.29. The van der Waals surface area contributed by atoms with Crippen LogP contribution >= 0.6 is 11.3 Å². The molecule has 7 nitrogen and oxygen atoms in total. The lowest BCUT2D eigenvalue weighted by atomic mass is 10.3. The maximum absolute atomic E-state index is 12.2. The molecule has 0 atom stereocenters. The van der Waals surface area contributed by atoms with Crippen LogP contribution in [0.4, 0.5) is 24.8 Å². The molecule has 1 N–H and O–H groups in total. The summed E-state index contributed by atoms with van der Waals surface area (Å²) in [5.74, 6) is -0.0176. The number of aromatic nitrogens is 5. The van der Waals surface area contributed by atoms with Crippen LogP contribution in [0.3, 0.4) is 0 Å². The van der Waals surface area contributed by atoms with E-state index in [4.69, 9.17) is 0 Å². The molecule has 0 radical (unpaired) electrons. The number of fused-ring (bicyclic) bond motifs is 1. The van der Waals surface area contributed by atoms with Crippen molar-refractivity contribution in [3.05, 3.63) is 48.4 Å². The van der Waals surface area contributed by atoms with Crippen LogP contribution in [0.1, 0.15) is 0 Å². The summed E-state index contributed by atoms with van der Waals surface area (Å²) in [6.45, 7) is 0. The van der Waals surface area contributed by atoms with Crippen LogP contribution < -0.4 is 10.1 Å². The molecule has 0 aliphatic heterocycles. The molecule has 0 saturated carbocycles. The Labute approximate surface area is 148 Å². The maximum atomic E-state index is 12.2. The Balaban J connectivity index is 1.59. The molecule has 0 bridgehead atoms. The minimum atomic E-state index is -4.72. The van der Waals surface area contributed by atoms with Crippen molar-refractivity contribution < 1.29 is 17.9 Å². The molecule has 0 amide bonds. The highest BCUT2D eigenvalue weighted by Crippen LogP contribution is 2.27. The Morgan fingerprint density at radius 2 is 1.96 bits per heavy atom. The fourth-order valence-electron chi connectivity index (χ4n) is 2.25. The number of hydrogen-bond acceptors (Lipinski definition) is 7. The predicted molar refractivity (Wildman–Crippen MR) is 88.3 cm³/mol. The van der Waals surface area contributed by atoms with Crippen molar-refractivity contribution in [3.8, 4) is 16.3 Å². The molecule has 132 valence electrons. The van der Waals surface area contributed by atoms with Crippen molar-refractivity contribution in [3.63, 3.8) is 0 Å². The quantitative estimate of drug-likeness (QED) is 0.581. The van der Waals surface area contributed by atoms with Gasteiger partial charge in [-0.05, 0) is 24.3 Å². The summed E-state index contributed by atoms with van der Waals surface area (Å²) in [4.78, 5) is 13.6. The van der Waals surface area contributed by atoms with Crippen LogP contribution in [0.2, 0.25) is 0 Å². The van der Waals surface area contributed by atoms with Gasteiger partial charge in [-0.2, -0.15) is 4.98 Å². The highest BCUT2D eigenvalue weighted by atomic mass is 32.1. The average molecular weight is 378 g/mol. The van der Waals surface area contributed by atoms with Gasteiger partial charge in [-0.1, -0.05) is 0 Å². The Kier molecular flexibility index (Phi) is 3.92. The Bertz CT molecular complexity index is 1030. The first-order valence-corrected chi connectivity index (χ1v) is 8.09.